The molecule has 0 fully saturated rings. The molecule has 3 aromatic rings. The average Bonchev–Trinajstić information content (AvgIpc) is 3.50. The van der Waals surface area contributed by atoms with Gasteiger partial charge in [0.1, 0.15) is 18.0 Å². The first-order chi connectivity index (χ1) is 16.0. The van der Waals surface area contributed by atoms with Crippen LogP contribution in [0.25, 0.3) is 11.4 Å². The molecule has 0 saturated heterocycles. The van der Waals surface area contributed by atoms with Crippen LogP contribution in [-0.2, 0) is 17.9 Å². The summed E-state index contributed by atoms with van der Waals surface area (Å²) in [5.74, 6) is 1.24. The van der Waals surface area contributed by atoms with Crippen molar-refractivity contribution in [3.05, 3.63) is 77.0 Å². The number of fused-ring (bicyclic) bond motifs is 1. The molecule has 2 aliphatic heterocycles. The van der Waals surface area contributed by atoms with Crippen molar-refractivity contribution < 1.29 is 23.4 Å². The lowest BCUT2D eigenvalue weighted by molar-refractivity contribution is -0.458. The molecule has 2 aromatic carbocycles. The molecule has 3 amide bonds. The monoisotopic (exact) mass is 461 g/mol. The first-order valence-corrected chi connectivity index (χ1v) is 11.3. The Balaban J connectivity index is 1.42. The van der Waals surface area contributed by atoms with E-state index in [0.29, 0.717) is 23.2 Å². The van der Waals surface area contributed by atoms with E-state index in [2.05, 4.69) is 10.1 Å². The van der Waals surface area contributed by atoms with Crippen molar-refractivity contribution in [2.75, 3.05) is 7.11 Å². The zero-order chi connectivity index (χ0) is 22.9. The standard InChI is InChI=1S/C24H21N4O4S/c1-15-4-3-5-17(12-15)22-25-20(32-26-22)14-27-19-10-11-33-21(19)23(29)28(24(27)30)13-16-6-8-18(31-2)9-7-16/h3-12,21H,13-14H2,1-2H3/q+1. The predicted molar refractivity (Wildman–Crippen MR) is 123 cm³/mol. The van der Waals surface area contributed by atoms with Gasteiger partial charge in [-0.2, -0.15) is 19.3 Å². The fraction of sp³-hybridized carbons (Fsp3) is 0.208. The third-order valence-corrected chi connectivity index (χ3v) is 6.53. The van der Waals surface area contributed by atoms with Gasteiger partial charge in [-0.25, -0.2) is 4.79 Å². The highest BCUT2D eigenvalue weighted by Gasteiger charge is 2.49. The number of allylic oxidation sites excluding steroid dienone is 1. The summed E-state index contributed by atoms with van der Waals surface area (Å²) in [5, 5.41) is 5.43. The van der Waals surface area contributed by atoms with Crippen LogP contribution in [0.1, 0.15) is 17.0 Å². The molecule has 0 saturated carbocycles. The maximum Gasteiger partial charge on any atom is 0.501 e. The molecule has 166 valence electrons. The second-order valence-corrected chi connectivity index (χ2v) is 8.78. The highest BCUT2D eigenvalue weighted by molar-refractivity contribution is 8.04. The summed E-state index contributed by atoms with van der Waals surface area (Å²) in [6.45, 7) is 2.24. The van der Waals surface area contributed by atoms with E-state index in [1.165, 1.54) is 16.7 Å². The van der Waals surface area contributed by atoms with Gasteiger partial charge in [0.2, 0.25) is 5.82 Å². The van der Waals surface area contributed by atoms with Crippen LogP contribution in [0, 0.1) is 6.92 Å². The molecular weight excluding hydrogens is 440 g/mol. The van der Waals surface area contributed by atoms with Crippen LogP contribution in [0.4, 0.5) is 4.79 Å². The largest absolute Gasteiger partial charge is 0.501 e. The van der Waals surface area contributed by atoms with Crippen molar-refractivity contribution in [1.82, 2.24) is 15.0 Å². The van der Waals surface area contributed by atoms with Gasteiger partial charge in [-0.3, -0.25) is 0 Å². The fourth-order valence-electron chi connectivity index (χ4n) is 3.83. The Morgan fingerprint density at radius 3 is 2.76 bits per heavy atom. The van der Waals surface area contributed by atoms with Crippen LogP contribution in [0.15, 0.2) is 64.5 Å². The maximum absolute atomic E-state index is 13.4. The van der Waals surface area contributed by atoms with Gasteiger partial charge < -0.3 is 9.26 Å². The molecular formula is C24H21N4O4S+. The van der Waals surface area contributed by atoms with Crippen LogP contribution < -0.4 is 4.74 Å². The molecule has 0 bridgehead atoms. The zero-order valence-corrected chi connectivity index (χ0v) is 18.9. The summed E-state index contributed by atoms with van der Waals surface area (Å²) < 4.78 is 12.2. The van der Waals surface area contributed by atoms with E-state index in [1.54, 1.807) is 29.9 Å². The number of methoxy groups -OCH3 is 1. The first-order valence-electron chi connectivity index (χ1n) is 10.4. The Labute approximate surface area is 194 Å². The Bertz CT molecular complexity index is 1300. The lowest BCUT2D eigenvalue weighted by Gasteiger charge is -2.23. The molecule has 0 N–H and O–H groups in total. The van der Waals surface area contributed by atoms with Crippen LogP contribution in [0.3, 0.4) is 0 Å². The number of aromatic nitrogens is 2. The number of ether oxygens (including phenoxy) is 1. The van der Waals surface area contributed by atoms with Crippen molar-refractivity contribution >= 4 is 29.4 Å². The summed E-state index contributed by atoms with van der Waals surface area (Å²) in [5.41, 5.74) is 3.39. The zero-order valence-electron chi connectivity index (χ0n) is 18.1. The number of nitrogens with zero attached hydrogens (tertiary/aromatic N) is 4. The van der Waals surface area contributed by atoms with E-state index in [9.17, 15) is 9.59 Å². The number of rotatable bonds is 6. The molecule has 8 nitrogen and oxygen atoms in total. The molecule has 0 aliphatic carbocycles. The Hall–Kier alpha value is -3.72. The number of aryl methyl sites for hydroxylation is 1. The van der Waals surface area contributed by atoms with Gasteiger partial charge in [-0.05, 0) is 42.2 Å². The van der Waals surface area contributed by atoms with E-state index in [4.69, 9.17) is 9.26 Å². The lowest BCUT2D eigenvalue weighted by Crippen LogP contribution is -2.54. The minimum Gasteiger partial charge on any atom is -0.497 e. The predicted octanol–water partition coefficient (Wildman–Crippen LogP) is 3.80. The van der Waals surface area contributed by atoms with Crippen LogP contribution in [0.5, 0.6) is 5.75 Å². The van der Waals surface area contributed by atoms with Gasteiger partial charge >= 0.3 is 11.9 Å². The van der Waals surface area contributed by atoms with Gasteiger partial charge in [-0.1, -0.05) is 41.1 Å². The number of imide groups is 1. The number of hydrogen-bond donors (Lipinski definition) is 0. The van der Waals surface area contributed by atoms with E-state index in [-0.39, 0.29) is 19.0 Å². The third-order valence-electron chi connectivity index (χ3n) is 5.52. The minimum atomic E-state index is -0.472. The molecule has 0 spiro atoms. The van der Waals surface area contributed by atoms with Crippen molar-refractivity contribution in [2.24, 2.45) is 0 Å². The highest BCUT2D eigenvalue weighted by atomic mass is 32.2. The number of thioether (sulfide) groups is 1. The van der Waals surface area contributed by atoms with Gasteiger partial charge in [0.25, 0.3) is 5.89 Å². The molecule has 1 unspecified atom stereocenters. The number of carbonyl (C=O) groups excluding carboxylic acids is 2. The summed E-state index contributed by atoms with van der Waals surface area (Å²) in [6.07, 6.45) is 1.80. The molecule has 1 atom stereocenters. The van der Waals surface area contributed by atoms with E-state index >= 15 is 0 Å². The smallest absolute Gasteiger partial charge is 0.497 e. The van der Waals surface area contributed by atoms with Gasteiger partial charge in [0.05, 0.1) is 7.11 Å². The van der Waals surface area contributed by atoms with E-state index < -0.39 is 11.3 Å². The molecule has 5 rings (SSSR count). The molecule has 1 aromatic heterocycles. The number of benzene rings is 2. The summed E-state index contributed by atoms with van der Waals surface area (Å²) >= 11 is 1.39. The quantitative estimate of drug-likeness (QED) is 0.516. The van der Waals surface area contributed by atoms with Crippen molar-refractivity contribution in [2.45, 2.75) is 25.3 Å². The number of urea groups is 1. The fourth-order valence-corrected chi connectivity index (χ4v) is 4.79. The van der Waals surface area contributed by atoms with Crippen molar-refractivity contribution in [3.63, 3.8) is 0 Å². The van der Waals surface area contributed by atoms with Crippen LogP contribution >= 0.6 is 11.8 Å². The molecule has 9 heteroatoms. The Morgan fingerprint density at radius 1 is 1.18 bits per heavy atom. The Morgan fingerprint density at radius 2 is 2.00 bits per heavy atom. The highest BCUT2D eigenvalue weighted by Crippen LogP contribution is 2.29. The normalized spacial score (nSPS) is 17.6. The van der Waals surface area contributed by atoms with Crippen molar-refractivity contribution in [3.8, 4) is 17.1 Å². The van der Waals surface area contributed by atoms with Crippen LogP contribution in [0.2, 0.25) is 0 Å². The minimum absolute atomic E-state index is 0.0841. The van der Waals surface area contributed by atoms with Gasteiger partial charge in [-0.15, -0.1) is 11.8 Å². The number of hydrogen-bond acceptors (Lipinski definition) is 7. The van der Waals surface area contributed by atoms with E-state index in [1.807, 2.05) is 48.7 Å². The molecule has 0 radical (unpaired) electrons. The summed E-state index contributed by atoms with van der Waals surface area (Å²) in [6, 6.07) is 14.7. The Kier molecular flexibility index (Phi) is 5.55. The summed E-state index contributed by atoms with van der Waals surface area (Å²) in [7, 11) is 1.59. The third kappa shape index (κ3) is 4.07. The average molecular weight is 462 g/mol. The van der Waals surface area contributed by atoms with Gasteiger partial charge in [0.15, 0.2) is 11.8 Å². The van der Waals surface area contributed by atoms with E-state index in [0.717, 1.165) is 16.7 Å². The topological polar surface area (TPSA) is 88.5 Å². The number of amides is 3. The van der Waals surface area contributed by atoms with Gasteiger partial charge in [0, 0.05) is 5.56 Å². The lowest BCUT2D eigenvalue weighted by atomic mass is 10.1. The van der Waals surface area contributed by atoms with Crippen LogP contribution in [-0.4, -0.2) is 49.6 Å². The number of carbonyl (C=O) groups is 2. The maximum atomic E-state index is 13.4. The first kappa shape index (κ1) is 21.1. The second kappa shape index (κ2) is 8.67. The summed E-state index contributed by atoms with van der Waals surface area (Å²) in [4.78, 5) is 32.2. The second-order valence-electron chi connectivity index (χ2n) is 7.77. The molecule has 2 aliphatic rings. The van der Waals surface area contributed by atoms with Crippen molar-refractivity contribution in [1.29, 1.82) is 0 Å². The SMILES string of the molecule is COc1ccc(CN2C(=O)C3SC=CC3=[N+](Cc3nc(-c4cccc(C)c4)no3)C2=O)cc1. The molecule has 33 heavy (non-hydrogen) atoms. The molecule has 3 heterocycles.